The summed E-state index contributed by atoms with van der Waals surface area (Å²) in [4.78, 5) is 0. The van der Waals surface area contributed by atoms with Crippen molar-refractivity contribution < 1.29 is 13.9 Å². The third-order valence-corrected chi connectivity index (χ3v) is 2.22. The number of ether oxygens (including phenoxy) is 2. The van der Waals surface area contributed by atoms with Crippen LogP contribution in [0, 0.1) is 12.7 Å². The third kappa shape index (κ3) is 2.30. The van der Waals surface area contributed by atoms with E-state index in [4.69, 9.17) is 9.47 Å². The Hall–Kier alpha value is -0.930. The van der Waals surface area contributed by atoms with Crippen LogP contribution < -0.4 is 0 Å². The molecule has 1 aromatic carbocycles. The number of hydrogen-bond donors (Lipinski definition) is 0. The minimum atomic E-state index is -0.197. The largest absolute Gasteiger partial charge is 0.380 e. The van der Waals surface area contributed by atoms with Crippen LogP contribution in [0.15, 0.2) is 12.1 Å². The lowest BCUT2D eigenvalue weighted by Crippen LogP contribution is -2.02. The lowest BCUT2D eigenvalue weighted by atomic mass is 10.0. The molecule has 0 aliphatic heterocycles. The number of methoxy groups -OCH3 is 2. The van der Waals surface area contributed by atoms with Gasteiger partial charge in [-0.1, -0.05) is 6.07 Å². The second-order valence-corrected chi connectivity index (χ2v) is 3.18. The van der Waals surface area contributed by atoms with Crippen LogP contribution in [0.2, 0.25) is 0 Å². The van der Waals surface area contributed by atoms with E-state index in [1.165, 1.54) is 6.07 Å². The zero-order valence-electron chi connectivity index (χ0n) is 8.76. The normalized spacial score (nSPS) is 10.6. The third-order valence-electron chi connectivity index (χ3n) is 2.22. The van der Waals surface area contributed by atoms with E-state index in [1.807, 2.05) is 0 Å². The molecule has 0 aliphatic rings. The molecule has 0 saturated carbocycles. The molecule has 0 N–H and O–H groups in total. The topological polar surface area (TPSA) is 18.5 Å². The van der Waals surface area contributed by atoms with Crippen LogP contribution in [-0.2, 0) is 22.7 Å². The summed E-state index contributed by atoms with van der Waals surface area (Å²) in [7, 11) is 3.22. The first-order valence-electron chi connectivity index (χ1n) is 4.45. The van der Waals surface area contributed by atoms with Gasteiger partial charge in [-0.2, -0.15) is 0 Å². The molecule has 2 nitrogen and oxygen atoms in total. The van der Waals surface area contributed by atoms with Gasteiger partial charge in [0, 0.05) is 14.2 Å². The van der Waals surface area contributed by atoms with Crippen LogP contribution in [0.3, 0.4) is 0 Å². The van der Waals surface area contributed by atoms with E-state index in [0.717, 1.165) is 11.1 Å². The van der Waals surface area contributed by atoms with E-state index in [-0.39, 0.29) is 5.82 Å². The molecule has 0 aliphatic carbocycles. The van der Waals surface area contributed by atoms with E-state index in [9.17, 15) is 4.39 Å². The predicted molar refractivity (Wildman–Crippen MR) is 52.6 cm³/mol. The Labute approximate surface area is 83.6 Å². The fourth-order valence-electron chi connectivity index (χ4n) is 1.42. The van der Waals surface area contributed by atoms with Gasteiger partial charge in [0.2, 0.25) is 0 Å². The zero-order valence-corrected chi connectivity index (χ0v) is 8.76. The minimum absolute atomic E-state index is 0.197. The van der Waals surface area contributed by atoms with Crippen LogP contribution in [0.1, 0.15) is 16.7 Å². The molecule has 3 heteroatoms. The molecule has 0 aromatic heterocycles. The monoisotopic (exact) mass is 198 g/mol. The second kappa shape index (κ2) is 5.08. The first kappa shape index (κ1) is 11.1. The average Bonchev–Trinajstić information content (AvgIpc) is 2.18. The predicted octanol–water partition coefficient (Wildman–Crippen LogP) is 2.43. The summed E-state index contributed by atoms with van der Waals surface area (Å²) in [6.07, 6.45) is 0. The standard InChI is InChI=1S/C11H15FO2/c1-8-10(7-14-3)9(6-13-2)4-5-11(8)12/h4-5H,6-7H2,1-3H3. The maximum absolute atomic E-state index is 13.2. The molecule has 0 fully saturated rings. The molecule has 14 heavy (non-hydrogen) atoms. The summed E-state index contributed by atoms with van der Waals surface area (Å²) in [5, 5.41) is 0. The molecule has 0 unspecified atom stereocenters. The van der Waals surface area contributed by atoms with Gasteiger partial charge < -0.3 is 9.47 Å². The highest BCUT2D eigenvalue weighted by Crippen LogP contribution is 2.19. The second-order valence-electron chi connectivity index (χ2n) is 3.18. The lowest BCUT2D eigenvalue weighted by Gasteiger charge is -2.11. The summed E-state index contributed by atoms with van der Waals surface area (Å²) in [5.41, 5.74) is 2.50. The first-order valence-corrected chi connectivity index (χ1v) is 4.45. The van der Waals surface area contributed by atoms with E-state index in [1.54, 1.807) is 27.2 Å². The highest BCUT2D eigenvalue weighted by atomic mass is 19.1. The maximum Gasteiger partial charge on any atom is 0.126 e. The van der Waals surface area contributed by atoms with Gasteiger partial charge in [-0.25, -0.2) is 4.39 Å². The molecule has 78 valence electrons. The summed E-state index contributed by atoms with van der Waals surface area (Å²) >= 11 is 0. The first-order chi connectivity index (χ1) is 6.70. The summed E-state index contributed by atoms with van der Waals surface area (Å²) in [6.45, 7) is 2.66. The molecule has 0 radical (unpaired) electrons. The fraction of sp³-hybridized carbons (Fsp3) is 0.455. The highest BCUT2D eigenvalue weighted by Gasteiger charge is 2.09. The Balaban J connectivity index is 3.08. The molecule has 0 spiro atoms. The molecule has 0 heterocycles. The molecule has 0 saturated heterocycles. The van der Waals surface area contributed by atoms with Gasteiger partial charge in [-0.3, -0.25) is 0 Å². The Morgan fingerprint density at radius 3 is 2.36 bits per heavy atom. The van der Waals surface area contributed by atoms with Crippen LogP contribution in [0.25, 0.3) is 0 Å². The SMILES string of the molecule is COCc1ccc(F)c(C)c1COC. The molecular weight excluding hydrogens is 183 g/mol. The molecule has 0 bridgehead atoms. The van der Waals surface area contributed by atoms with Gasteiger partial charge in [0.1, 0.15) is 5.82 Å². The van der Waals surface area contributed by atoms with Gasteiger partial charge in [-0.15, -0.1) is 0 Å². The molecule has 1 aromatic rings. The van der Waals surface area contributed by atoms with Gasteiger partial charge in [0.25, 0.3) is 0 Å². The zero-order chi connectivity index (χ0) is 10.6. The summed E-state index contributed by atoms with van der Waals surface area (Å²) in [5.74, 6) is -0.197. The van der Waals surface area contributed by atoms with E-state index < -0.39 is 0 Å². The Kier molecular flexibility index (Phi) is 4.04. The number of rotatable bonds is 4. The van der Waals surface area contributed by atoms with Crippen LogP contribution in [0.4, 0.5) is 4.39 Å². The number of halogens is 1. The Bertz CT molecular complexity index is 310. The van der Waals surface area contributed by atoms with E-state index >= 15 is 0 Å². The fourth-order valence-corrected chi connectivity index (χ4v) is 1.42. The average molecular weight is 198 g/mol. The molecule has 0 amide bonds. The molecular formula is C11H15FO2. The van der Waals surface area contributed by atoms with Crippen LogP contribution >= 0.6 is 0 Å². The quantitative estimate of drug-likeness (QED) is 0.739. The lowest BCUT2D eigenvalue weighted by molar-refractivity contribution is 0.167. The summed E-state index contributed by atoms with van der Waals surface area (Å²) < 4.78 is 23.3. The molecule has 0 atom stereocenters. The van der Waals surface area contributed by atoms with Gasteiger partial charge >= 0.3 is 0 Å². The summed E-state index contributed by atoms with van der Waals surface area (Å²) in [6, 6.07) is 3.20. The molecule has 1 rings (SSSR count). The Morgan fingerprint density at radius 1 is 1.14 bits per heavy atom. The smallest absolute Gasteiger partial charge is 0.126 e. The van der Waals surface area contributed by atoms with Crippen LogP contribution in [-0.4, -0.2) is 14.2 Å². The van der Waals surface area contributed by atoms with Crippen molar-refractivity contribution in [3.63, 3.8) is 0 Å². The van der Waals surface area contributed by atoms with Gasteiger partial charge in [0.05, 0.1) is 13.2 Å². The van der Waals surface area contributed by atoms with Gasteiger partial charge in [-0.05, 0) is 29.7 Å². The van der Waals surface area contributed by atoms with Crippen molar-refractivity contribution in [2.75, 3.05) is 14.2 Å². The number of benzene rings is 1. The van der Waals surface area contributed by atoms with Crippen molar-refractivity contribution in [3.05, 3.63) is 34.6 Å². The Morgan fingerprint density at radius 2 is 1.79 bits per heavy atom. The van der Waals surface area contributed by atoms with Crippen LogP contribution in [0.5, 0.6) is 0 Å². The van der Waals surface area contributed by atoms with Crippen molar-refractivity contribution in [1.82, 2.24) is 0 Å². The van der Waals surface area contributed by atoms with Crippen molar-refractivity contribution in [1.29, 1.82) is 0 Å². The van der Waals surface area contributed by atoms with Crippen molar-refractivity contribution in [2.24, 2.45) is 0 Å². The van der Waals surface area contributed by atoms with E-state index in [0.29, 0.717) is 18.8 Å². The van der Waals surface area contributed by atoms with E-state index in [2.05, 4.69) is 0 Å². The van der Waals surface area contributed by atoms with Gasteiger partial charge in [0.15, 0.2) is 0 Å². The maximum atomic E-state index is 13.2. The number of hydrogen-bond acceptors (Lipinski definition) is 2. The van der Waals surface area contributed by atoms with Crippen molar-refractivity contribution >= 4 is 0 Å². The minimum Gasteiger partial charge on any atom is -0.380 e. The highest BCUT2D eigenvalue weighted by molar-refractivity contribution is 5.34. The van der Waals surface area contributed by atoms with Crippen molar-refractivity contribution in [2.45, 2.75) is 20.1 Å². The van der Waals surface area contributed by atoms with Crippen molar-refractivity contribution in [3.8, 4) is 0 Å².